The van der Waals surface area contributed by atoms with E-state index in [0.29, 0.717) is 22.9 Å². The van der Waals surface area contributed by atoms with Crippen molar-refractivity contribution in [3.63, 3.8) is 0 Å². The number of nitrogen functional groups attached to an aromatic ring is 1. The van der Waals surface area contributed by atoms with Crippen molar-refractivity contribution in [3.05, 3.63) is 23.2 Å². The van der Waals surface area contributed by atoms with E-state index < -0.39 is 5.97 Å². The summed E-state index contributed by atoms with van der Waals surface area (Å²) >= 11 is 5.77. The maximum atomic E-state index is 11.7. The molecule has 0 aliphatic carbocycles. The highest BCUT2D eigenvalue weighted by molar-refractivity contribution is 6.33. The largest absolute Gasteiger partial charge is 0.481 e. The van der Waals surface area contributed by atoms with Crippen LogP contribution in [0, 0.1) is 0 Å². The number of carboxylic acid groups (broad SMARTS) is 1. The summed E-state index contributed by atoms with van der Waals surface area (Å²) < 4.78 is 0. The lowest BCUT2D eigenvalue weighted by molar-refractivity contribution is -0.137. The van der Waals surface area contributed by atoms with Gasteiger partial charge >= 0.3 is 5.97 Å². The molecule has 7 heteroatoms. The highest BCUT2D eigenvalue weighted by atomic mass is 35.5. The highest BCUT2D eigenvalue weighted by Crippen LogP contribution is 2.22. The van der Waals surface area contributed by atoms with Crippen molar-refractivity contribution >= 4 is 34.9 Å². The molecule has 19 heavy (non-hydrogen) atoms. The van der Waals surface area contributed by atoms with Gasteiger partial charge in [-0.2, -0.15) is 0 Å². The second-order valence-electron chi connectivity index (χ2n) is 4.17. The zero-order valence-corrected chi connectivity index (χ0v) is 11.3. The molecule has 0 saturated heterocycles. The Kier molecular flexibility index (Phi) is 5.59. The van der Waals surface area contributed by atoms with Gasteiger partial charge in [-0.15, -0.1) is 0 Å². The van der Waals surface area contributed by atoms with Gasteiger partial charge in [-0.05, 0) is 25.2 Å². The Labute approximate surface area is 116 Å². The third-order valence-corrected chi connectivity index (χ3v) is 2.74. The minimum absolute atomic E-state index is 0.00231. The number of likely N-dealkylation sites (N-methyl/N-ethyl adjacent to an activating group) is 1. The Morgan fingerprint density at radius 2 is 2.16 bits per heavy atom. The van der Waals surface area contributed by atoms with Crippen LogP contribution in [0.15, 0.2) is 18.2 Å². The molecular formula is C12H16ClN3O3. The Hall–Kier alpha value is -1.79. The number of nitrogens with two attached hydrogens (primary N) is 1. The minimum Gasteiger partial charge on any atom is -0.481 e. The number of benzene rings is 1. The summed E-state index contributed by atoms with van der Waals surface area (Å²) in [6, 6.07) is 4.81. The standard InChI is InChI=1S/C12H16ClN3O3/c1-16(5-4-12(18)19)7-11(17)15-8-2-3-9(13)10(14)6-8/h2-3,6H,4-5,7,14H2,1H3,(H,15,17)(H,18,19). The fourth-order valence-corrected chi connectivity index (χ4v) is 1.55. The third-order valence-electron chi connectivity index (χ3n) is 2.40. The quantitative estimate of drug-likeness (QED) is 0.684. The normalized spacial score (nSPS) is 10.5. The summed E-state index contributed by atoms with van der Waals surface area (Å²) in [6.07, 6.45) is -0.00231. The molecule has 0 radical (unpaired) electrons. The summed E-state index contributed by atoms with van der Waals surface area (Å²) in [4.78, 5) is 23.7. The molecule has 1 amide bonds. The van der Waals surface area contributed by atoms with Crippen LogP contribution in [0.1, 0.15) is 6.42 Å². The topological polar surface area (TPSA) is 95.7 Å². The highest BCUT2D eigenvalue weighted by Gasteiger charge is 2.09. The lowest BCUT2D eigenvalue weighted by Gasteiger charge is -2.15. The molecule has 4 N–H and O–H groups in total. The van der Waals surface area contributed by atoms with Gasteiger partial charge in [-0.3, -0.25) is 14.5 Å². The number of amides is 1. The first kappa shape index (κ1) is 15.3. The van der Waals surface area contributed by atoms with Crippen LogP contribution >= 0.6 is 11.6 Å². The van der Waals surface area contributed by atoms with Crippen LogP contribution in [0.5, 0.6) is 0 Å². The number of nitrogens with zero attached hydrogens (tertiary/aromatic N) is 1. The van der Waals surface area contributed by atoms with E-state index in [4.69, 9.17) is 22.4 Å². The monoisotopic (exact) mass is 285 g/mol. The van der Waals surface area contributed by atoms with Gasteiger partial charge in [0.05, 0.1) is 23.7 Å². The molecular weight excluding hydrogens is 270 g/mol. The maximum absolute atomic E-state index is 11.7. The molecule has 0 aromatic heterocycles. The van der Waals surface area contributed by atoms with Crippen molar-refractivity contribution in [1.82, 2.24) is 4.90 Å². The Morgan fingerprint density at radius 3 is 2.74 bits per heavy atom. The second-order valence-corrected chi connectivity index (χ2v) is 4.57. The van der Waals surface area contributed by atoms with Gasteiger partial charge in [0.1, 0.15) is 0 Å². The van der Waals surface area contributed by atoms with E-state index >= 15 is 0 Å². The predicted octanol–water partition coefficient (Wildman–Crippen LogP) is 1.27. The smallest absolute Gasteiger partial charge is 0.304 e. The zero-order valence-electron chi connectivity index (χ0n) is 10.5. The van der Waals surface area contributed by atoms with Crippen molar-refractivity contribution in [2.24, 2.45) is 0 Å². The van der Waals surface area contributed by atoms with E-state index in [1.807, 2.05) is 0 Å². The van der Waals surface area contributed by atoms with E-state index in [1.165, 1.54) is 0 Å². The molecule has 0 spiro atoms. The molecule has 0 heterocycles. The molecule has 0 fully saturated rings. The van der Waals surface area contributed by atoms with Crippen LogP contribution in [0.2, 0.25) is 5.02 Å². The van der Waals surface area contributed by atoms with E-state index in [1.54, 1.807) is 30.1 Å². The average molecular weight is 286 g/mol. The molecule has 1 rings (SSSR count). The van der Waals surface area contributed by atoms with Crippen molar-refractivity contribution in [2.45, 2.75) is 6.42 Å². The molecule has 0 bridgehead atoms. The minimum atomic E-state index is -0.891. The van der Waals surface area contributed by atoms with E-state index in [2.05, 4.69) is 5.32 Å². The van der Waals surface area contributed by atoms with Gasteiger partial charge < -0.3 is 16.2 Å². The van der Waals surface area contributed by atoms with Crippen LogP contribution < -0.4 is 11.1 Å². The van der Waals surface area contributed by atoms with Crippen molar-refractivity contribution in [3.8, 4) is 0 Å². The molecule has 0 aliphatic heterocycles. The number of halogens is 1. The predicted molar refractivity (Wildman–Crippen MR) is 74.2 cm³/mol. The summed E-state index contributed by atoms with van der Waals surface area (Å²) in [5.74, 6) is -1.13. The number of aliphatic carboxylic acids is 1. The van der Waals surface area contributed by atoms with Crippen LogP contribution in [0.25, 0.3) is 0 Å². The molecule has 0 atom stereocenters. The third kappa shape index (κ3) is 5.58. The SMILES string of the molecule is CN(CCC(=O)O)CC(=O)Nc1ccc(Cl)c(N)c1. The van der Waals surface area contributed by atoms with E-state index in [9.17, 15) is 9.59 Å². The number of anilines is 2. The summed E-state index contributed by atoms with van der Waals surface area (Å²) in [6.45, 7) is 0.418. The second kappa shape index (κ2) is 6.96. The number of nitrogens with one attached hydrogen (secondary N) is 1. The van der Waals surface area contributed by atoms with Crippen molar-refractivity contribution in [2.75, 3.05) is 31.2 Å². The average Bonchev–Trinajstić information content (AvgIpc) is 2.31. The molecule has 104 valence electrons. The van der Waals surface area contributed by atoms with Crippen molar-refractivity contribution in [1.29, 1.82) is 0 Å². The maximum Gasteiger partial charge on any atom is 0.304 e. The van der Waals surface area contributed by atoms with Gasteiger partial charge in [0.2, 0.25) is 5.91 Å². The lowest BCUT2D eigenvalue weighted by Crippen LogP contribution is -2.31. The fourth-order valence-electron chi connectivity index (χ4n) is 1.43. The van der Waals surface area contributed by atoms with Gasteiger partial charge in [-0.25, -0.2) is 0 Å². The number of hydrogen-bond acceptors (Lipinski definition) is 4. The number of rotatable bonds is 6. The molecule has 0 saturated carbocycles. The number of carboxylic acids is 1. The number of hydrogen-bond donors (Lipinski definition) is 3. The molecule has 0 aliphatic rings. The first-order valence-corrected chi connectivity index (χ1v) is 6.01. The molecule has 1 aromatic carbocycles. The summed E-state index contributed by atoms with van der Waals surface area (Å²) in [7, 11) is 1.68. The summed E-state index contributed by atoms with van der Waals surface area (Å²) in [5.41, 5.74) is 6.56. The van der Waals surface area contributed by atoms with Gasteiger partial charge in [0, 0.05) is 12.2 Å². The zero-order chi connectivity index (χ0) is 14.4. The molecule has 0 unspecified atom stereocenters. The number of carbonyl (C=O) groups is 2. The lowest BCUT2D eigenvalue weighted by atomic mass is 10.3. The van der Waals surface area contributed by atoms with Crippen LogP contribution in [-0.4, -0.2) is 42.0 Å². The molecule has 1 aromatic rings. The van der Waals surface area contributed by atoms with Gasteiger partial charge in [0.25, 0.3) is 0 Å². The van der Waals surface area contributed by atoms with Crippen molar-refractivity contribution < 1.29 is 14.7 Å². The molecule has 6 nitrogen and oxygen atoms in total. The number of carbonyl (C=O) groups excluding carboxylic acids is 1. The fraction of sp³-hybridized carbons (Fsp3) is 0.333. The van der Waals surface area contributed by atoms with Crippen LogP contribution in [-0.2, 0) is 9.59 Å². The summed E-state index contributed by atoms with van der Waals surface area (Å²) in [5, 5.41) is 11.6. The Morgan fingerprint density at radius 1 is 1.47 bits per heavy atom. The van der Waals surface area contributed by atoms with Gasteiger partial charge in [0.15, 0.2) is 0 Å². The first-order valence-electron chi connectivity index (χ1n) is 5.63. The van der Waals surface area contributed by atoms with Crippen LogP contribution in [0.3, 0.4) is 0 Å². The van der Waals surface area contributed by atoms with E-state index in [-0.39, 0.29) is 18.9 Å². The first-order chi connectivity index (χ1) is 8.88. The van der Waals surface area contributed by atoms with Crippen LogP contribution in [0.4, 0.5) is 11.4 Å². The Balaban J connectivity index is 2.46. The Bertz CT molecular complexity index is 479. The van der Waals surface area contributed by atoms with Gasteiger partial charge in [-0.1, -0.05) is 11.6 Å². The van der Waals surface area contributed by atoms with E-state index in [0.717, 1.165) is 0 Å².